The zero-order valence-corrected chi connectivity index (χ0v) is 10.0. The fraction of sp³-hybridized carbons (Fsp3) is 1.00. The van der Waals surface area contributed by atoms with E-state index in [0.717, 1.165) is 25.7 Å². The first-order valence-corrected chi connectivity index (χ1v) is 6.25. The maximum Gasteiger partial charge on any atom is 0.0622 e. The van der Waals surface area contributed by atoms with Crippen LogP contribution in [0.4, 0.5) is 0 Å². The Morgan fingerprint density at radius 3 is 2.53 bits per heavy atom. The third-order valence-electron chi connectivity index (χ3n) is 4.46. The summed E-state index contributed by atoms with van der Waals surface area (Å²) in [6.45, 7) is 4.88. The summed E-state index contributed by atoms with van der Waals surface area (Å²) in [6, 6.07) is 0.592. The van der Waals surface area contributed by atoms with Crippen molar-refractivity contribution in [2.24, 2.45) is 11.7 Å². The SMILES string of the molecule is CCC(CN)(C1CC1)N(C)C1CCOC1. The molecule has 2 aliphatic rings. The van der Waals surface area contributed by atoms with Crippen LogP contribution in [-0.4, -0.2) is 43.3 Å². The highest BCUT2D eigenvalue weighted by molar-refractivity contribution is 5.03. The minimum atomic E-state index is 0.248. The summed E-state index contributed by atoms with van der Waals surface area (Å²) in [6.07, 6.45) is 5.07. The van der Waals surface area contributed by atoms with E-state index in [9.17, 15) is 0 Å². The van der Waals surface area contributed by atoms with Gasteiger partial charge in [0.25, 0.3) is 0 Å². The number of hydrogen-bond acceptors (Lipinski definition) is 3. The largest absolute Gasteiger partial charge is 0.380 e. The Morgan fingerprint density at radius 2 is 2.13 bits per heavy atom. The van der Waals surface area contributed by atoms with E-state index in [2.05, 4.69) is 18.9 Å². The minimum Gasteiger partial charge on any atom is -0.380 e. The lowest BCUT2D eigenvalue weighted by Gasteiger charge is -2.44. The zero-order chi connectivity index (χ0) is 10.9. The molecule has 1 aliphatic carbocycles. The highest BCUT2D eigenvalue weighted by atomic mass is 16.5. The van der Waals surface area contributed by atoms with E-state index >= 15 is 0 Å². The molecule has 1 saturated carbocycles. The van der Waals surface area contributed by atoms with Gasteiger partial charge in [0.15, 0.2) is 0 Å². The molecule has 2 N–H and O–H groups in total. The second kappa shape index (κ2) is 4.40. The lowest BCUT2D eigenvalue weighted by Crippen LogP contribution is -2.57. The summed E-state index contributed by atoms with van der Waals surface area (Å²) < 4.78 is 5.48. The van der Waals surface area contributed by atoms with Crippen LogP contribution in [0.3, 0.4) is 0 Å². The van der Waals surface area contributed by atoms with Gasteiger partial charge in [-0.2, -0.15) is 0 Å². The second-order valence-electron chi connectivity index (χ2n) is 5.06. The second-order valence-corrected chi connectivity index (χ2v) is 5.06. The van der Waals surface area contributed by atoms with Crippen molar-refractivity contribution in [3.05, 3.63) is 0 Å². The number of likely N-dealkylation sites (N-methyl/N-ethyl adjacent to an activating group) is 1. The summed E-state index contributed by atoms with van der Waals surface area (Å²) >= 11 is 0. The average molecular weight is 212 g/mol. The lowest BCUT2D eigenvalue weighted by molar-refractivity contribution is 0.0458. The molecule has 0 bridgehead atoms. The van der Waals surface area contributed by atoms with Crippen molar-refractivity contribution < 1.29 is 4.74 Å². The number of nitrogens with two attached hydrogens (primary N) is 1. The van der Waals surface area contributed by atoms with Crippen LogP contribution in [-0.2, 0) is 4.74 Å². The van der Waals surface area contributed by atoms with Crippen molar-refractivity contribution in [1.82, 2.24) is 4.90 Å². The van der Waals surface area contributed by atoms with E-state index in [1.165, 1.54) is 25.7 Å². The summed E-state index contributed by atoms with van der Waals surface area (Å²) in [5.74, 6) is 0.832. The Labute approximate surface area is 93.0 Å². The van der Waals surface area contributed by atoms with Gasteiger partial charge in [-0.15, -0.1) is 0 Å². The number of rotatable bonds is 5. The van der Waals surface area contributed by atoms with Gasteiger partial charge in [0.2, 0.25) is 0 Å². The molecule has 15 heavy (non-hydrogen) atoms. The van der Waals surface area contributed by atoms with Gasteiger partial charge in [0.1, 0.15) is 0 Å². The summed E-state index contributed by atoms with van der Waals surface area (Å²) in [5, 5.41) is 0. The van der Waals surface area contributed by atoms with Crippen LogP contribution in [0.5, 0.6) is 0 Å². The first-order chi connectivity index (χ1) is 7.24. The molecule has 0 aromatic rings. The van der Waals surface area contributed by atoms with Crippen molar-refractivity contribution >= 4 is 0 Å². The van der Waals surface area contributed by atoms with Crippen LogP contribution in [0.15, 0.2) is 0 Å². The molecule has 3 nitrogen and oxygen atoms in total. The fourth-order valence-corrected chi connectivity index (χ4v) is 3.09. The average Bonchev–Trinajstić information content (AvgIpc) is 2.97. The molecule has 2 fully saturated rings. The summed E-state index contributed by atoms with van der Waals surface area (Å²) in [4.78, 5) is 2.53. The molecule has 1 heterocycles. The predicted octanol–water partition coefficient (Wildman–Crippen LogP) is 1.22. The van der Waals surface area contributed by atoms with E-state index in [4.69, 9.17) is 10.5 Å². The van der Waals surface area contributed by atoms with E-state index < -0.39 is 0 Å². The lowest BCUT2D eigenvalue weighted by atomic mass is 9.87. The van der Waals surface area contributed by atoms with Crippen LogP contribution >= 0.6 is 0 Å². The summed E-state index contributed by atoms with van der Waals surface area (Å²) in [7, 11) is 2.24. The molecule has 1 aliphatic heterocycles. The van der Waals surface area contributed by atoms with Gasteiger partial charge in [0.05, 0.1) is 6.61 Å². The Bertz CT molecular complexity index is 206. The third-order valence-corrected chi connectivity index (χ3v) is 4.46. The molecule has 2 atom stereocenters. The van der Waals surface area contributed by atoms with Crippen LogP contribution in [0, 0.1) is 5.92 Å². The number of nitrogens with zero attached hydrogens (tertiary/aromatic N) is 1. The zero-order valence-electron chi connectivity index (χ0n) is 10.0. The normalized spacial score (nSPS) is 30.8. The molecule has 3 heteroatoms. The minimum absolute atomic E-state index is 0.248. The van der Waals surface area contributed by atoms with Crippen molar-refractivity contribution in [3.63, 3.8) is 0 Å². The first kappa shape index (κ1) is 11.4. The maximum absolute atomic E-state index is 6.05. The Hall–Kier alpha value is -0.120. The van der Waals surface area contributed by atoms with Crippen molar-refractivity contribution in [1.29, 1.82) is 0 Å². The molecule has 0 aromatic carbocycles. The predicted molar refractivity (Wildman–Crippen MR) is 61.8 cm³/mol. The highest BCUT2D eigenvalue weighted by Gasteiger charge is 2.47. The molecular weight excluding hydrogens is 188 g/mol. The van der Waals surface area contributed by atoms with Gasteiger partial charge in [0, 0.05) is 24.7 Å². The van der Waals surface area contributed by atoms with Gasteiger partial charge < -0.3 is 10.5 Å². The van der Waals surface area contributed by atoms with Crippen molar-refractivity contribution in [2.45, 2.75) is 44.2 Å². The van der Waals surface area contributed by atoms with Crippen LogP contribution in [0.1, 0.15) is 32.6 Å². The van der Waals surface area contributed by atoms with E-state index in [0.29, 0.717) is 6.04 Å². The molecule has 2 unspecified atom stereocenters. The van der Waals surface area contributed by atoms with E-state index in [-0.39, 0.29) is 5.54 Å². The highest BCUT2D eigenvalue weighted by Crippen LogP contribution is 2.45. The van der Waals surface area contributed by atoms with Crippen LogP contribution in [0.25, 0.3) is 0 Å². The van der Waals surface area contributed by atoms with E-state index in [1.807, 2.05) is 0 Å². The molecule has 88 valence electrons. The van der Waals surface area contributed by atoms with E-state index in [1.54, 1.807) is 0 Å². The standard InChI is InChI=1S/C12H24N2O/c1-3-12(9-13,10-4-5-10)14(2)11-6-7-15-8-11/h10-11H,3-9,13H2,1-2H3. The van der Waals surface area contributed by atoms with Gasteiger partial charge in [-0.3, -0.25) is 4.90 Å². The van der Waals surface area contributed by atoms with Gasteiger partial charge in [-0.1, -0.05) is 6.92 Å². The molecule has 1 saturated heterocycles. The monoisotopic (exact) mass is 212 g/mol. The smallest absolute Gasteiger partial charge is 0.0622 e. The number of hydrogen-bond donors (Lipinski definition) is 1. The molecule has 0 amide bonds. The Morgan fingerprint density at radius 1 is 1.40 bits per heavy atom. The maximum atomic E-state index is 6.05. The molecule has 0 radical (unpaired) electrons. The first-order valence-electron chi connectivity index (χ1n) is 6.25. The summed E-state index contributed by atoms with van der Waals surface area (Å²) in [5.41, 5.74) is 6.29. The quantitative estimate of drug-likeness (QED) is 0.745. The Kier molecular flexibility index (Phi) is 3.33. The third kappa shape index (κ3) is 1.93. The molecule has 0 spiro atoms. The Balaban J connectivity index is 2.08. The molecule has 0 aromatic heterocycles. The van der Waals surface area contributed by atoms with Gasteiger partial charge in [-0.25, -0.2) is 0 Å². The number of ether oxygens (including phenoxy) is 1. The van der Waals surface area contributed by atoms with Gasteiger partial charge in [-0.05, 0) is 38.6 Å². The van der Waals surface area contributed by atoms with Crippen molar-refractivity contribution in [3.8, 4) is 0 Å². The van der Waals surface area contributed by atoms with Gasteiger partial charge >= 0.3 is 0 Å². The van der Waals surface area contributed by atoms with Crippen molar-refractivity contribution in [2.75, 3.05) is 26.8 Å². The van der Waals surface area contributed by atoms with Crippen LogP contribution < -0.4 is 5.73 Å². The molecule has 2 rings (SSSR count). The molecular formula is C12H24N2O. The van der Waals surface area contributed by atoms with Crippen LogP contribution in [0.2, 0.25) is 0 Å². The fourth-order valence-electron chi connectivity index (χ4n) is 3.09. The topological polar surface area (TPSA) is 38.5 Å².